The molecule has 0 bridgehead atoms. The summed E-state index contributed by atoms with van der Waals surface area (Å²) in [5.41, 5.74) is 0. The second-order valence-electron chi connectivity index (χ2n) is 28.4. The Hall–Kier alpha value is 1.54. The van der Waals surface area contributed by atoms with Gasteiger partial charge in [0.05, 0.1) is 141 Å². The highest BCUT2D eigenvalue weighted by Crippen LogP contribution is 2.57. The highest BCUT2D eigenvalue weighted by molar-refractivity contribution is 7.50. The predicted molar refractivity (Wildman–Crippen MR) is 445 cm³/mol. The van der Waals surface area contributed by atoms with Gasteiger partial charge in [0.15, 0.2) is 0 Å². The van der Waals surface area contributed by atoms with Crippen molar-refractivity contribution in [2.24, 2.45) is 5.92 Å². The fourth-order valence-electron chi connectivity index (χ4n) is 9.77. The first-order valence-corrected chi connectivity index (χ1v) is 62.5. The molecule has 0 aliphatic rings. The first-order chi connectivity index (χ1) is 60.8. The lowest BCUT2D eigenvalue weighted by atomic mass is 10.2. The van der Waals surface area contributed by atoms with E-state index in [-0.39, 0.29) is 103 Å². The maximum absolute atomic E-state index is 13.9. The standard InChI is InChI=1S/C62H140O56P14/c1-18-49(19-2)105-121(67,68)93-36-59(37-94-122(69,70)106-50(20-3)21-4)115-129(83,84)101-44-57(45-102-130(85,86)116-60(38-95-123(71,72)107-51(22-5)23-6)39-96-124(73,74)108-52(24-7)25-8)113-119(63,64)91-34-48(17)35-92-120(65,66)114-58(46-103-131(87,88)117-61(40-97-125(75,76)109-53(26-9)27-10)41-98-126(77,78)110-54(28-11)29-12)47-104-132(89,90)118-62(42-99-127(79,80)111-55(30-13)31-14)43-100-128(81,82)112-56(32-15)33-16/h48-62H,18-47H2,1-17H3,(H,63,64)(H,65,66)(H,67,68)(H,69,70)(H,71,72)(H,73,74)(H,75,76)(H,77,78)(H,79,80)(H,81,82)(H,83,84)(H,85,86)(H,87,88)(H,89,90)/p-8. The van der Waals surface area contributed by atoms with Crippen LogP contribution in [-0.4, -0.2) is 207 Å². The van der Waals surface area contributed by atoms with Crippen LogP contribution in [0.5, 0.6) is 0 Å². The Kier molecular flexibility index (Phi) is 65.3. The average Bonchev–Trinajstić information content (AvgIpc) is 0.847. The van der Waals surface area contributed by atoms with Gasteiger partial charge in [-0.1, -0.05) is 118 Å². The van der Waals surface area contributed by atoms with Crippen LogP contribution in [-0.2, 0) is 191 Å². The lowest BCUT2D eigenvalue weighted by Gasteiger charge is -2.35. The Morgan fingerprint density at radius 3 is 0.379 bits per heavy atom. The monoisotopic (exact) mass is 2210 g/mol. The summed E-state index contributed by atoms with van der Waals surface area (Å²) >= 11 is 0. The molecule has 0 saturated carbocycles. The van der Waals surface area contributed by atoms with E-state index in [1.165, 1.54) is 55.4 Å². The van der Waals surface area contributed by atoms with Gasteiger partial charge in [-0.3, -0.25) is 90.8 Å². The van der Waals surface area contributed by atoms with E-state index in [1.54, 1.807) is 55.4 Å². The summed E-state index contributed by atoms with van der Waals surface area (Å²) in [7, 11) is -79.5. The summed E-state index contributed by atoms with van der Waals surface area (Å²) in [6, 6.07) is 0. The first-order valence-electron chi connectivity index (χ1n) is 41.8. The third-order valence-corrected chi connectivity index (χ3v) is 31.7. The first kappa shape index (κ1) is 134. The Bertz CT molecular complexity index is 3310. The molecule has 70 heteroatoms. The van der Waals surface area contributed by atoms with Gasteiger partial charge >= 0.3 is 46.9 Å². The molecule has 0 heterocycles. The van der Waals surface area contributed by atoms with Crippen molar-refractivity contribution in [3.63, 3.8) is 0 Å². The van der Waals surface area contributed by atoms with Crippen LogP contribution in [0.4, 0.5) is 0 Å². The quantitative estimate of drug-likeness (QED) is 0.0308. The van der Waals surface area contributed by atoms with Crippen LogP contribution in [0, 0.1) is 5.92 Å². The van der Waals surface area contributed by atoms with E-state index in [4.69, 9.17) is 127 Å². The fraction of sp³-hybridized carbons (Fsp3) is 1.00. The van der Waals surface area contributed by atoms with Gasteiger partial charge in [0.1, 0.15) is 36.6 Å². The Balaban J connectivity index is 8.07. The van der Waals surface area contributed by atoms with Crippen LogP contribution < -0.4 is 39.1 Å². The lowest BCUT2D eigenvalue weighted by molar-refractivity contribution is -0.252. The summed E-state index contributed by atoms with van der Waals surface area (Å²) in [4.78, 5) is 171. The molecule has 794 valence electrons. The van der Waals surface area contributed by atoms with Crippen LogP contribution in [0.25, 0.3) is 0 Å². The molecular formula is C62H132O56P14-8. The van der Waals surface area contributed by atoms with E-state index < -0.39 is 293 Å². The molecule has 0 rings (SSSR count). The second-order valence-corrected chi connectivity index (χ2v) is 47.7. The maximum Gasteiger partial charge on any atom is 0.472 e. The molecule has 0 aromatic carbocycles. The third-order valence-electron chi connectivity index (χ3n) is 17.3. The number of hydrogen-bond donors (Lipinski definition) is 6. The van der Waals surface area contributed by atoms with Gasteiger partial charge in [-0.25, -0.2) is 27.4 Å². The van der Waals surface area contributed by atoms with Crippen LogP contribution in [0.15, 0.2) is 0 Å². The third kappa shape index (κ3) is 63.7. The molecule has 0 fully saturated rings. The van der Waals surface area contributed by atoms with E-state index in [0.29, 0.717) is 0 Å². The molecule has 0 aromatic heterocycles. The molecule has 0 aromatic rings. The van der Waals surface area contributed by atoms with Crippen molar-refractivity contribution in [1.82, 2.24) is 0 Å². The maximum atomic E-state index is 13.9. The normalized spacial score (nSPS) is 20.9. The van der Waals surface area contributed by atoms with Gasteiger partial charge in [-0.05, 0) is 103 Å². The number of phosphoric ester groups is 14. The number of rotatable bonds is 86. The van der Waals surface area contributed by atoms with Crippen LogP contribution in [0.2, 0.25) is 0 Å². The van der Waals surface area contributed by atoms with Crippen molar-refractivity contribution >= 4 is 110 Å². The molecule has 0 aliphatic heterocycles. The zero-order valence-corrected chi connectivity index (χ0v) is 88.8. The van der Waals surface area contributed by atoms with Crippen molar-refractivity contribution in [1.29, 1.82) is 0 Å². The Labute approximate surface area is 769 Å². The fourth-order valence-corrected chi connectivity index (χ4v) is 24.0. The average molecular weight is 2210 g/mol. The minimum Gasteiger partial charge on any atom is -0.756 e. The summed E-state index contributed by atoms with van der Waals surface area (Å²) in [6.07, 6.45) is -20.7. The van der Waals surface area contributed by atoms with Gasteiger partial charge in [0.2, 0.25) is 0 Å². The minimum atomic E-state index is -6.29. The highest BCUT2D eigenvalue weighted by Gasteiger charge is 2.41. The van der Waals surface area contributed by atoms with Crippen molar-refractivity contribution in [2.75, 3.05) is 92.5 Å². The summed E-state index contributed by atoms with van der Waals surface area (Å²) in [6.45, 7) is 4.46. The topological polar surface area (TPSA) is 803 Å². The summed E-state index contributed by atoms with van der Waals surface area (Å²) in [5, 5.41) is 0. The van der Waals surface area contributed by atoms with Crippen molar-refractivity contribution < 1.29 is 259 Å². The van der Waals surface area contributed by atoms with Crippen LogP contribution >= 0.6 is 110 Å². The molecule has 15 atom stereocenters. The largest absolute Gasteiger partial charge is 0.756 e. The van der Waals surface area contributed by atoms with Crippen molar-refractivity contribution in [3.05, 3.63) is 0 Å². The molecule has 0 spiro atoms. The smallest absolute Gasteiger partial charge is 0.472 e. The molecule has 56 nitrogen and oxygen atoms in total. The predicted octanol–water partition coefficient (Wildman–Crippen LogP) is 10.2. The number of hydrogen-bond acceptors (Lipinski definition) is 50. The van der Waals surface area contributed by atoms with Gasteiger partial charge < -0.3 is 141 Å². The van der Waals surface area contributed by atoms with E-state index in [0.717, 1.165) is 6.92 Å². The molecular weight excluding hydrogens is 2070 g/mol. The van der Waals surface area contributed by atoms with Gasteiger partial charge in [0.25, 0.3) is 62.6 Å². The Morgan fingerprint density at radius 2 is 0.250 bits per heavy atom. The molecule has 132 heavy (non-hydrogen) atoms. The summed E-state index contributed by atoms with van der Waals surface area (Å²) < 4.78 is 325. The zero-order chi connectivity index (χ0) is 102. The summed E-state index contributed by atoms with van der Waals surface area (Å²) in [5.74, 6) is -1.65. The van der Waals surface area contributed by atoms with Crippen molar-refractivity contribution in [2.45, 2.75) is 306 Å². The van der Waals surface area contributed by atoms with Crippen molar-refractivity contribution in [3.8, 4) is 0 Å². The SMILES string of the molecule is CCC(CC)OP(=O)([O-])OCC(COP(=O)([O-])OC(CC)CC)OP(=O)([O-])OCC(COP(=O)([O-])OC(COP(=O)([O-])OC(CC)CC)COP(=O)([O-])OC(CC)CC)OP(=O)([O-])OCC(C)COP(=O)([O-])OC(COP(=O)(O)OC(COP(=O)(O)OC(CC)CC)COP(=O)(O)OC(CC)CC)COP(=O)(O)OC(COP(=O)(O)OC(CC)CC)COP(=O)(O)OC(CC)CC. The molecule has 15 unspecified atom stereocenters. The molecule has 0 radical (unpaired) electrons. The van der Waals surface area contributed by atoms with Crippen LogP contribution in [0.1, 0.15) is 220 Å². The molecule has 0 aliphatic carbocycles. The van der Waals surface area contributed by atoms with E-state index in [9.17, 15) is 132 Å². The molecule has 0 saturated heterocycles. The van der Waals surface area contributed by atoms with Crippen LogP contribution in [0.3, 0.4) is 0 Å². The van der Waals surface area contributed by atoms with E-state index >= 15 is 0 Å². The second kappa shape index (κ2) is 64.5. The van der Waals surface area contributed by atoms with Gasteiger partial charge in [-0.15, -0.1) is 0 Å². The minimum absolute atomic E-state index is 0.0838. The number of phosphoric acid groups is 14. The zero-order valence-electron chi connectivity index (χ0n) is 76.2. The van der Waals surface area contributed by atoms with Gasteiger partial charge in [-0.2, -0.15) is 0 Å². The molecule has 0 amide bonds. The molecule has 6 N–H and O–H groups in total. The van der Waals surface area contributed by atoms with E-state index in [2.05, 4.69) is 0 Å². The van der Waals surface area contributed by atoms with Gasteiger partial charge in [0, 0.05) is 5.92 Å². The lowest BCUT2D eigenvalue weighted by Crippen LogP contribution is -2.33. The Morgan fingerprint density at radius 1 is 0.159 bits per heavy atom. The van der Waals surface area contributed by atoms with E-state index in [1.807, 2.05) is 0 Å². The highest BCUT2D eigenvalue weighted by atomic mass is 31.2.